The average Bonchev–Trinajstić information content (AvgIpc) is 2.60. The van der Waals surface area contributed by atoms with Gasteiger partial charge in [-0.25, -0.2) is 0 Å². The first-order valence-electron chi connectivity index (χ1n) is 7.66. The molecule has 0 aliphatic heterocycles. The van der Waals surface area contributed by atoms with Gasteiger partial charge in [0, 0.05) is 5.69 Å². The maximum absolute atomic E-state index is 12.1. The number of nitrogens with one attached hydrogen (secondary N) is 1. The summed E-state index contributed by atoms with van der Waals surface area (Å²) >= 11 is 0. The van der Waals surface area contributed by atoms with Crippen molar-refractivity contribution < 1.29 is 9.53 Å². The second-order valence-electron chi connectivity index (χ2n) is 5.34. The number of nitriles is 1. The quantitative estimate of drug-likeness (QED) is 0.874. The van der Waals surface area contributed by atoms with E-state index < -0.39 is 0 Å². The van der Waals surface area contributed by atoms with Crippen molar-refractivity contribution in [2.75, 3.05) is 11.9 Å². The van der Waals surface area contributed by atoms with E-state index in [0.29, 0.717) is 17.2 Å². The number of hydrogen-bond donors (Lipinski definition) is 1. The molecule has 0 saturated heterocycles. The highest BCUT2D eigenvalue weighted by molar-refractivity contribution is 5.92. The van der Waals surface area contributed by atoms with Crippen LogP contribution in [0.2, 0.25) is 0 Å². The van der Waals surface area contributed by atoms with E-state index in [1.807, 2.05) is 30.3 Å². The molecule has 0 aromatic heterocycles. The van der Waals surface area contributed by atoms with Crippen LogP contribution in [0.25, 0.3) is 0 Å². The van der Waals surface area contributed by atoms with Crippen molar-refractivity contribution in [3.8, 4) is 11.8 Å². The van der Waals surface area contributed by atoms with Crippen LogP contribution in [0.15, 0.2) is 48.5 Å². The predicted molar refractivity (Wildman–Crippen MR) is 90.4 cm³/mol. The molecule has 1 N–H and O–H groups in total. The van der Waals surface area contributed by atoms with Crippen LogP contribution in [-0.2, 0) is 4.79 Å². The fourth-order valence-corrected chi connectivity index (χ4v) is 2.27. The van der Waals surface area contributed by atoms with Crippen LogP contribution in [-0.4, -0.2) is 12.5 Å². The summed E-state index contributed by atoms with van der Waals surface area (Å²) in [7, 11) is 0. The zero-order valence-electron chi connectivity index (χ0n) is 13.4. The van der Waals surface area contributed by atoms with Crippen molar-refractivity contribution in [1.82, 2.24) is 0 Å². The highest BCUT2D eigenvalue weighted by Gasteiger charge is 2.12. The standard InChI is InChI=1S/C19H20N2O2/c1-3-14(2)16-9-5-6-10-17(16)21-19(22)13-23-18-11-7-4-8-15(18)12-20/h4-11,14H,3,13H2,1-2H3,(H,21,22)/t14-/m1/s1. The van der Waals surface area contributed by atoms with E-state index in [1.54, 1.807) is 24.3 Å². The third kappa shape index (κ3) is 4.33. The lowest BCUT2D eigenvalue weighted by atomic mass is 9.97. The Balaban J connectivity index is 2.02. The molecule has 23 heavy (non-hydrogen) atoms. The second-order valence-corrected chi connectivity index (χ2v) is 5.34. The average molecular weight is 308 g/mol. The number of ether oxygens (including phenoxy) is 1. The lowest BCUT2D eigenvalue weighted by Crippen LogP contribution is -2.21. The first-order valence-corrected chi connectivity index (χ1v) is 7.66. The number of carbonyl (C=O) groups is 1. The zero-order valence-corrected chi connectivity index (χ0v) is 13.4. The molecule has 1 amide bonds. The van der Waals surface area contributed by atoms with Gasteiger partial charge in [0.05, 0.1) is 5.56 Å². The molecule has 2 aromatic carbocycles. The molecule has 0 heterocycles. The summed E-state index contributed by atoms with van der Waals surface area (Å²) in [6.45, 7) is 4.11. The van der Waals surface area contributed by atoms with Gasteiger partial charge in [-0.15, -0.1) is 0 Å². The summed E-state index contributed by atoms with van der Waals surface area (Å²) in [5, 5.41) is 11.9. The highest BCUT2D eigenvalue weighted by Crippen LogP contribution is 2.26. The molecule has 0 unspecified atom stereocenters. The third-order valence-corrected chi connectivity index (χ3v) is 3.74. The number of carbonyl (C=O) groups excluding carboxylic acids is 1. The maximum Gasteiger partial charge on any atom is 0.262 e. The summed E-state index contributed by atoms with van der Waals surface area (Å²) in [6.07, 6.45) is 0.999. The number of benzene rings is 2. The second kappa shape index (κ2) is 8.00. The van der Waals surface area contributed by atoms with Gasteiger partial charge in [0.15, 0.2) is 6.61 Å². The van der Waals surface area contributed by atoms with Gasteiger partial charge in [0.1, 0.15) is 11.8 Å². The molecule has 0 radical (unpaired) electrons. The Morgan fingerprint density at radius 1 is 1.22 bits per heavy atom. The lowest BCUT2D eigenvalue weighted by molar-refractivity contribution is -0.118. The van der Waals surface area contributed by atoms with Crippen molar-refractivity contribution >= 4 is 11.6 Å². The van der Waals surface area contributed by atoms with Gasteiger partial charge in [0.2, 0.25) is 0 Å². The van der Waals surface area contributed by atoms with Crippen molar-refractivity contribution in [1.29, 1.82) is 5.26 Å². The molecule has 0 aliphatic rings. The van der Waals surface area contributed by atoms with E-state index in [1.165, 1.54) is 0 Å². The molecule has 118 valence electrons. The minimum atomic E-state index is -0.242. The van der Waals surface area contributed by atoms with Gasteiger partial charge in [-0.2, -0.15) is 5.26 Å². The Hall–Kier alpha value is -2.80. The zero-order chi connectivity index (χ0) is 16.7. The molecule has 0 fully saturated rings. The molecule has 2 aromatic rings. The van der Waals surface area contributed by atoms with Gasteiger partial charge < -0.3 is 10.1 Å². The van der Waals surface area contributed by atoms with E-state index in [-0.39, 0.29) is 12.5 Å². The molecule has 0 saturated carbocycles. The van der Waals surface area contributed by atoms with Crippen LogP contribution in [0.3, 0.4) is 0 Å². The van der Waals surface area contributed by atoms with E-state index in [9.17, 15) is 4.79 Å². The summed E-state index contributed by atoms with van der Waals surface area (Å²) in [6, 6.07) is 16.7. The van der Waals surface area contributed by atoms with Crippen LogP contribution >= 0.6 is 0 Å². The molecule has 0 spiro atoms. The molecular formula is C19H20N2O2. The van der Waals surface area contributed by atoms with Crippen LogP contribution in [0.4, 0.5) is 5.69 Å². The largest absolute Gasteiger partial charge is 0.482 e. The van der Waals surface area contributed by atoms with Crippen LogP contribution in [0.1, 0.15) is 37.3 Å². The maximum atomic E-state index is 12.1. The molecule has 4 nitrogen and oxygen atoms in total. The molecule has 0 aliphatic carbocycles. The van der Waals surface area contributed by atoms with Gasteiger partial charge >= 0.3 is 0 Å². The lowest BCUT2D eigenvalue weighted by Gasteiger charge is -2.16. The number of rotatable bonds is 6. The number of anilines is 1. The SMILES string of the molecule is CC[C@@H](C)c1ccccc1NC(=O)COc1ccccc1C#N. The van der Waals surface area contributed by atoms with Crippen molar-refractivity contribution in [3.05, 3.63) is 59.7 Å². The minimum absolute atomic E-state index is 0.131. The van der Waals surface area contributed by atoms with Crippen molar-refractivity contribution in [2.45, 2.75) is 26.2 Å². The highest BCUT2D eigenvalue weighted by atomic mass is 16.5. The van der Waals surface area contributed by atoms with Crippen molar-refractivity contribution in [2.24, 2.45) is 0 Å². The number of amides is 1. The Morgan fingerprint density at radius 2 is 1.91 bits per heavy atom. The number of para-hydroxylation sites is 2. The normalized spacial score (nSPS) is 11.3. The van der Waals surface area contributed by atoms with E-state index >= 15 is 0 Å². The summed E-state index contributed by atoms with van der Waals surface area (Å²) in [4.78, 5) is 12.1. The molecule has 1 atom stereocenters. The first-order chi connectivity index (χ1) is 11.2. The molecule has 4 heteroatoms. The minimum Gasteiger partial charge on any atom is -0.482 e. The van der Waals surface area contributed by atoms with Gasteiger partial charge in [-0.3, -0.25) is 4.79 Å². The van der Waals surface area contributed by atoms with E-state index in [2.05, 4.69) is 19.2 Å². The van der Waals surface area contributed by atoms with E-state index in [4.69, 9.17) is 10.00 Å². The predicted octanol–water partition coefficient (Wildman–Crippen LogP) is 4.09. The number of hydrogen-bond acceptors (Lipinski definition) is 3. The van der Waals surface area contributed by atoms with E-state index in [0.717, 1.165) is 17.7 Å². The monoisotopic (exact) mass is 308 g/mol. The Kier molecular flexibility index (Phi) is 5.76. The Labute approximate surface area is 136 Å². The Bertz CT molecular complexity index is 719. The van der Waals surface area contributed by atoms with Gasteiger partial charge in [0.25, 0.3) is 5.91 Å². The summed E-state index contributed by atoms with van der Waals surface area (Å²) < 4.78 is 5.45. The third-order valence-electron chi connectivity index (χ3n) is 3.74. The van der Waals surface area contributed by atoms with Crippen LogP contribution < -0.4 is 10.1 Å². The van der Waals surface area contributed by atoms with Crippen molar-refractivity contribution in [3.63, 3.8) is 0 Å². The summed E-state index contributed by atoms with van der Waals surface area (Å²) in [5.74, 6) is 0.542. The van der Waals surface area contributed by atoms with Gasteiger partial charge in [-0.05, 0) is 36.1 Å². The topological polar surface area (TPSA) is 62.1 Å². The fourth-order valence-electron chi connectivity index (χ4n) is 2.27. The van der Waals surface area contributed by atoms with Gasteiger partial charge in [-0.1, -0.05) is 44.2 Å². The number of nitrogens with zero attached hydrogens (tertiary/aromatic N) is 1. The molecule has 0 bridgehead atoms. The smallest absolute Gasteiger partial charge is 0.262 e. The molecular weight excluding hydrogens is 288 g/mol. The van der Waals surface area contributed by atoms with Crippen LogP contribution in [0, 0.1) is 11.3 Å². The first kappa shape index (κ1) is 16.6. The van der Waals surface area contributed by atoms with Crippen LogP contribution in [0.5, 0.6) is 5.75 Å². The fraction of sp³-hybridized carbons (Fsp3) is 0.263. The molecule has 2 rings (SSSR count). The summed E-state index contributed by atoms with van der Waals surface area (Å²) in [5.41, 5.74) is 2.34. The Morgan fingerprint density at radius 3 is 2.65 bits per heavy atom.